The van der Waals surface area contributed by atoms with Crippen LogP contribution in [0.5, 0.6) is 0 Å². The Morgan fingerprint density at radius 1 is 0.791 bits per heavy atom. The molecule has 376 valence electrons. The quantitative estimate of drug-likeness (QED) is 0.131. The van der Waals surface area contributed by atoms with Gasteiger partial charge in [-0.05, 0) is 111 Å². The molecule has 5 aliphatic heterocycles. The highest BCUT2D eigenvalue weighted by Crippen LogP contribution is 2.70. The smallest absolute Gasteiger partial charge is 0.374 e. The summed E-state index contributed by atoms with van der Waals surface area (Å²) < 4.78 is 60.7. The van der Waals surface area contributed by atoms with Crippen LogP contribution in [0, 0.1) is 46.3 Å². The van der Waals surface area contributed by atoms with E-state index in [1.54, 1.807) is 0 Å². The Morgan fingerprint density at radius 3 is 2.27 bits per heavy atom. The number of fused-ring (bicyclic) bond motifs is 7. The van der Waals surface area contributed by atoms with Gasteiger partial charge in [0.25, 0.3) is 0 Å². The zero-order chi connectivity index (χ0) is 47.3. The van der Waals surface area contributed by atoms with Gasteiger partial charge >= 0.3 is 5.97 Å². The Hall–Kier alpha value is -2.11. The minimum atomic E-state index is -1.73. The topological polar surface area (TPSA) is 255 Å². The maximum atomic E-state index is 12.4. The summed E-state index contributed by atoms with van der Waals surface area (Å²) in [6.07, 6.45) is -8.51. The third kappa shape index (κ3) is 8.28. The van der Waals surface area contributed by atoms with Crippen LogP contribution in [-0.4, -0.2) is 166 Å². The first-order valence-electron chi connectivity index (χ1n) is 24.8. The van der Waals surface area contributed by atoms with Crippen molar-refractivity contribution >= 4 is 5.97 Å². The number of furan rings is 1. The summed E-state index contributed by atoms with van der Waals surface area (Å²) >= 11 is 0. The zero-order valence-electron chi connectivity index (χ0n) is 39.1. The summed E-state index contributed by atoms with van der Waals surface area (Å²) in [5.74, 6) is 1.66. The molecule has 9 aliphatic rings. The van der Waals surface area contributed by atoms with Crippen LogP contribution in [0.2, 0.25) is 0 Å². The fourth-order valence-electron chi connectivity index (χ4n) is 14.4. The second-order valence-electron chi connectivity index (χ2n) is 22.0. The molecule has 6 heterocycles. The van der Waals surface area contributed by atoms with Crippen molar-refractivity contribution in [3.8, 4) is 0 Å². The number of carbonyl (C=O) groups excluding carboxylic acids is 1. The average molecular weight is 949 g/mol. The molecule has 8 fully saturated rings. The third-order valence-electron chi connectivity index (χ3n) is 18.3. The van der Waals surface area contributed by atoms with Gasteiger partial charge in [0.1, 0.15) is 67.6 Å². The number of hydrogen-bond donors (Lipinski definition) is 7. The summed E-state index contributed by atoms with van der Waals surface area (Å²) in [6.45, 7) is 10.7. The van der Waals surface area contributed by atoms with Crippen molar-refractivity contribution in [3.63, 3.8) is 0 Å². The maximum absolute atomic E-state index is 12.4. The van der Waals surface area contributed by atoms with E-state index < -0.39 is 111 Å². The average Bonchev–Trinajstić information content (AvgIpc) is 4.08. The van der Waals surface area contributed by atoms with Crippen LogP contribution in [0.25, 0.3) is 0 Å². The first kappa shape index (κ1) is 48.5. The van der Waals surface area contributed by atoms with Crippen LogP contribution in [0.3, 0.4) is 0 Å². The van der Waals surface area contributed by atoms with Gasteiger partial charge < -0.3 is 82.8 Å². The van der Waals surface area contributed by atoms with Gasteiger partial charge in [0.15, 0.2) is 24.7 Å². The van der Waals surface area contributed by atoms with E-state index in [-0.39, 0.29) is 28.8 Å². The van der Waals surface area contributed by atoms with Gasteiger partial charge in [-0.1, -0.05) is 39.3 Å². The second-order valence-corrected chi connectivity index (χ2v) is 22.0. The van der Waals surface area contributed by atoms with Crippen LogP contribution < -0.4 is 0 Å². The summed E-state index contributed by atoms with van der Waals surface area (Å²) in [5, 5.41) is 76.7. The van der Waals surface area contributed by atoms with E-state index in [0.717, 1.165) is 51.6 Å². The Morgan fingerprint density at radius 2 is 1.54 bits per heavy atom. The fraction of sp³-hybridized carbons (Fsp3) is 0.857. The molecule has 18 heteroatoms. The summed E-state index contributed by atoms with van der Waals surface area (Å²) in [4.78, 5) is 12.4. The second kappa shape index (κ2) is 18.5. The van der Waals surface area contributed by atoms with Gasteiger partial charge in [0.2, 0.25) is 5.76 Å². The molecule has 4 aliphatic carbocycles. The van der Waals surface area contributed by atoms with Crippen LogP contribution in [-0.2, 0) is 42.6 Å². The van der Waals surface area contributed by atoms with Crippen molar-refractivity contribution in [2.24, 2.45) is 46.3 Å². The van der Waals surface area contributed by atoms with E-state index in [9.17, 15) is 40.5 Å². The van der Waals surface area contributed by atoms with Crippen LogP contribution in [0.15, 0.2) is 34.5 Å². The first-order chi connectivity index (χ1) is 32.0. The molecule has 1 aromatic rings. The normalized spacial score (nSPS) is 52.8. The highest BCUT2D eigenvalue weighted by Gasteiger charge is 2.69. The number of ether oxygens (including phenoxy) is 9. The first-order valence-corrected chi connectivity index (χ1v) is 24.8. The number of allylic oxidation sites excluding steroid dienone is 1. The maximum Gasteiger partial charge on any atom is 0.374 e. The van der Waals surface area contributed by atoms with Gasteiger partial charge in [0.05, 0.1) is 37.8 Å². The van der Waals surface area contributed by atoms with Gasteiger partial charge in [0, 0.05) is 12.3 Å². The molecule has 1 aromatic heterocycles. The summed E-state index contributed by atoms with van der Waals surface area (Å²) in [7, 11) is 0. The molecule has 0 bridgehead atoms. The standard InChI is InChI=1S/C49H72O18/c1-22-10-15-49(60-20-22)23(2)34-31(67-49)18-29-27-9-8-25-17-26(11-13-47(25,4)28(27)12-14-48(29,34)5)62-46-42(66-44-39(55)37(53)35(51)24(3)61-44)40(56)41(32(19-50)63-46)65-45-38(54)36(52)33(64-45)21-59-43(57)30-7-6-16-58-30/h6-8,16,22-24,26-29,31-42,44-46,50-56H,9-15,17-21H2,1-5H3. The molecule has 25 atom stereocenters. The number of carbonyl (C=O) groups is 1. The largest absolute Gasteiger partial charge is 0.457 e. The highest BCUT2D eigenvalue weighted by atomic mass is 16.8. The molecular formula is C49H72O18. The predicted molar refractivity (Wildman–Crippen MR) is 230 cm³/mol. The third-order valence-corrected chi connectivity index (χ3v) is 18.3. The van der Waals surface area contributed by atoms with Gasteiger partial charge in [-0.15, -0.1) is 0 Å². The Balaban J connectivity index is 0.835. The van der Waals surface area contributed by atoms with Gasteiger partial charge in [-0.3, -0.25) is 0 Å². The number of aliphatic hydroxyl groups excluding tert-OH is 7. The molecule has 5 saturated heterocycles. The number of esters is 1. The van der Waals surface area contributed by atoms with Crippen molar-refractivity contribution in [1.29, 1.82) is 0 Å². The molecule has 1 spiro atoms. The van der Waals surface area contributed by atoms with Crippen LogP contribution in [0.4, 0.5) is 0 Å². The van der Waals surface area contributed by atoms with Crippen molar-refractivity contribution in [1.82, 2.24) is 0 Å². The predicted octanol–water partition coefficient (Wildman–Crippen LogP) is 2.31. The Kier molecular flexibility index (Phi) is 13.4. The molecule has 10 rings (SSSR count). The fourth-order valence-corrected chi connectivity index (χ4v) is 14.4. The lowest BCUT2D eigenvalue weighted by Gasteiger charge is -2.58. The van der Waals surface area contributed by atoms with E-state index in [2.05, 4.69) is 33.8 Å². The summed E-state index contributed by atoms with van der Waals surface area (Å²) in [6, 6.07) is 2.91. The molecule has 3 saturated carbocycles. The molecule has 67 heavy (non-hydrogen) atoms. The lowest BCUT2D eigenvalue weighted by atomic mass is 9.47. The van der Waals surface area contributed by atoms with Crippen molar-refractivity contribution in [2.75, 3.05) is 19.8 Å². The molecule has 0 radical (unpaired) electrons. The van der Waals surface area contributed by atoms with E-state index in [1.165, 1.54) is 30.9 Å². The van der Waals surface area contributed by atoms with Crippen LogP contribution in [0.1, 0.15) is 103 Å². The lowest BCUT2D eigenvalue weighted by Crippen LogP contribution is -2.65. The molecule has 25 unspecified atom stereocenters. The minimum absolute atomic E-state index is 0.0394. The van der Waals surface area contributed by atoms with Crippen molar-refractivity contribution in [2.45, 2.75) is 196 Å². The molecule has 0 aromatic carbocycles. The lowest BCUT2D eigenvalue weighted by molar-refractivity contribution is -0.380. The molecule has 18 nitrogen and oxygen atoms in total. The van der Waals surface area contributed by atoms with E-state index in [1.807, 2.05) is 0 Å². The molecule has 0 amide bonds. The highest BCUT2D eigenvalue weighted by molar-refractivity contribution is 5.86. The Labute approximate surface area is 391 Å². The number of rotatable bonds is 10. The number of aliphatic hydroxyl groups is 7. The van der Waals surface area contributed by atoms with Crippen molar-refractivity contribution < 1.29 is 87.6 Å². The van der Waals surface area contributed by atoms with Crippen molar-refractivity contribution in [3.05, 3.63) is 35.8 Å². The van der Waals surface area contributed by atoms with E-state index >= 15 is 0 Å². The zero-order valence-corrected chi connectivity index (χ0v) is 39.1. The Bertz CT molecular complexity index is 1920. The SMILES string of the molecule is CC1CCC2(OC1)OC1CC3C4CC=C5CC(OC6OC(CO)C(OC7OC(COC(=O)c8ccco8)C(O)C7O)C(O)C6OC6OC(C)C(O)C(O)C6O)CCC5(C)C4CCC3(C)C1C2C. The van der Waals surface area contributed by atoms with E-state index in [0.29, 0.717) is 48.3 Å². The molecule has 7 N–H and O–H groups in total. The van der Waals surface area contributed by atoms with E-state index in [4.69, 9.17) is 47.0 Å². The summed E-state index contributed by atoms with van der Waals surface area (Å²) in [5.41, 5.74) is 1.48. The van der Waals surface area contributed by atoms with Gasteiger partial charge in [-0.25, -0.2) is 4.79 Å². The number of hydrogen-bond acceptors (Lipinski definition) is 18. The minimum Gasteiger partial charge on any atom is -0.457 e. The van der Waals surface area contributed by atoms with Crippen LogP contribution >= 0.6 is 0 Å². The molecular weight excluding hydrogens is 877 g/mol. The monoisotopic (exact) mass is 948 g/mol. The van der Waals surface area contributed by atoms with Gasteiger partial charge in [-0.2, -0.15) is 0 Å².